The fraction of sp³-hybridized carbons (Fsp3) is 1.00. The average Bonchev–Trinajstić information content (AvgIpc) is 2.14. The molecular weight excluding hydrogens is 166 g/mol. The standard InChI is InChI=1S/C10H23NO2/c1-4-9(3)7-13-8-10(12)6-11-5-2/h9-12H,4-8H2,1-3H3. The minimum atomic E-state index is -0.371. The van der Waals surface area contributed by atoms with Gasteiger partial charge in [0, 0.05) is 13.2 Å². The summed E-state index contributed by atoms with van der Waals surface area (Å²) in [4.78, 5) is 0. The van der Waals surface area contributed by atoms with Crippen LogP contribution in [0.25, 0.3) is 0 Å². The van der Waals surface area contributed by atoms with E-state index in [9.17, 15) is 5.11 Å². The van der Waals surface area contributed by atoms with Crippen molar-refractivity contribution in [3.8, 4) is 0 Å². The summed E-state index contributed by atoms with van der Waals surface area (Å²) in [7, 11) is 0. The smallest absolute Gasteiger partial charge is 0.0897 e. The van der Waals surface area contributed by atoms with Gasteiger partial charge in [0.2, 0.25) is 0 Å². The van der Waals surface area contributed by atoms with E-state index >= 15 is 0 Å². The van der Waals surface area contributed by atoms with Gasteiger partial charge in [0.15, 0.2) is 0 Å². The molecule has 2 N–H and O–H groups in total. The van der Waals surface area contributed by atoms with E-state index in [4.69, 9.17) is 4.74 Å². The topological polar surface area (TPSA) is 41.5 Å². The first kappa shape index (κ1) is 12.9. The summed E-state index contributed by atoms with van der Waals surface area (Å²) in [5.74, 6) is 0.589. The molecule has 0 spiro atoms. The van der Waals surface area contributed by atoms with Gasteiger partial charge < -0.3 is 15.2 Å². The van der Waals surface area contributed by atoms with Crippen LogP contribution in [0.1, 0.15) is 27.2 Å². The van der Waals surface area contributed by atoms with Gasteiger partial charge in [0.25, 0.3) is 0 Å². The van der Waals surface area contributed by atoms with E-state index in [0.717, 1.165) is 19.6 Å². The Hall–Kier alpha value is -0.120. The molecular formula is C10H23NO2. The molecule has 0 amide bonds. The number of ether oxygens (including phenoxy) is 1. The molecule has 3 nitrogen and oxygen atoms in total. The van der Waals surface area contributed by atoms with Crippen molar-refractivity contribution in [1.82, 2.24) is 5.32 Å². The fourth-order valence-electron chi connectivity index (χ4n) is 0.893. The quantitative estimate of drug-likeness (QED) is 0.599. The molecule has 3 heteroatoms. The number of aliphatic hydroxyl groups is 1. The lowest BCUT2D eigenvalue weighted by molar-refractivity contribution is 0.0237. The van der Waals surface area contributed by atoms with E-state index in [0.29, 0.717) is 19.1 Å². The van der Waals surface area contributed by atoms with E-state index in [1.54, 1.807) is 0 Å². The Labute approximate surface area is 81.5 Å². The predicted molar refractivity (Wildman–Crippen MR) is 54.8 cm³/mol. The highest BCUT2D eigenvalue weighted by molar-refractivity contribution is 4.57. The van der Waals surface area contributed by atoms with Gasteiger partial charge in [0.1, 0.15) is 0 Å². The molecule has 0 heterocycles. The summed E-state index contributed by atoms with van der Waals surface area (Å²) in [6, 6.07) is 0. The molecule has 0 aliphatic carbocycles. The zero-order valence-electron chi connectivity index (χ0n) is 9.05. The number of aliphatic hydroxyl groups excluding tert-OH is 1. The summed E-state index contributed by atoms with van der Waals surface area (Å²) in [6.07, 6.45) is 0.757. The fourth-order valence-corrected chi connectivity index (χ4v) is 0.893. The van der Waals surface area contributed by atoms with Crippen molar-refractivity contribution in [1.29, 1.82) is 0 Å². The number of rotatable bonds is 8. The lowest BCUT2D eigenvalue weighted by Gasteiger charge is -2.13. The second-order valence-corrected chi connectivity index (χ2v) is 3.51. The van der Waals surface area contributed by atoms with Crippen LogP contribution in [0.3, 0.4) is 0 Å². The van der Waals surface area contributed by atoms with Gasteiger partial charge in [-0.2, -0.15) is 0 Å². The molecule has 0 aromatic rings. The molecule has 0 aromatic heterocycles. The first-order chi connectivity index (χ1) is 6.20. The monoisotopic (exact) mass is 189 g/mol. The maximum absolute atomic E-state index is 9.38. The largest absolute Gasteiger partial charge is 0.389 e. The molecule has 2 unspecified atom stereocenters. The Morgan fingerprint density at radius 2 is 2.00 bits per heavy atom. The third kappa shape index (κ3) is 8.22. The summed E-state index contributed by atoms with van der Waals surface area (Å²) in [5, 5.41) is 12.4. The summed E-state index contributed by atoms with van der Waals surface area (Å²) < 4.78 is 5.36. The van der Waals surface area contributed by atoms with Gasteiger partial charge >= 0.3 is 0 Å². The third-order valence-corrected chi connectivity index (χ3v) is 2.04. The highest BCUT2D eigenvalue weighted by atomic mass is 16.5. The molecule has 0 saturated heterocycles. The molecule has 0 radical (unpaired) electrons. The first-order valence-corrected chi connectivity index (χ1v) is 5.17. The third-order valence-electron chi connectivity index (χ3n) is 2.04. The van der Waals surface area contributed by atoms with Gasteiger partial charge in [0.05, 0.1) is 12.7 Å². The Bertz CT molecular complexity index is 109. The second kappa shape index (κ2) is 8.48. The van der Waals surface area contributed by atoms with Crippen LogP contribution in [-0.2, 0) is 4.74 Å². The van der Waals surface area contributed by atoms with E-state index in [-0.39, 0.29) is 6.10 Å². The van der Waals surface area contributed by atoms with Gasteiger partial charge in [-0.05, 0) is 12.5 Å². The van der Waals surface area contributed by atoms with Crippen LogP contribution in [-0.4, -0.2) is 37.5 Å². The molecule has 0 bridgehead atoms. The Morgan fingerprint density at radius 1 is 1.31 bits per heavy atom. The molecule has 80 valence electrons. The predicted octanol–water partition coefficient (Wildman–Crippen LogP) is 1.02. The maximum Gasteiger partial charge on any atom is 0.0897 e. The van der Waals surface area contributed by atoms with Crippen molar-refractivity contribution >= 4 is 0 Å². The summed E-state index contributed by atoms with van der Waals surface area (Å²) in [5.41, 5.74) is 0. The molecule has 2 atom stereocenters. The van der Waals surface area contributed by atoms with Crippen molar-refractivity contribution in [2.45, 2.75) is 33.3 Å². The molecule has 0 fully saturated rings. The van der Waals surface area contributed by atoms with Gasteiger partial charge in [-0.3, -0.25) is 0 Å². The van der Waals surface area contributed by atoms with E-state index < -0.39 is 0 Å². The van der Waals surface area contributed by atoms with Gasteiger partial charge in [-0.25, -0.2) is 0 Å². The van der Waals surface area contributed by atoms with Gasteiger partial charge in [-0.1, -0.05) is 27.2 Å². The van der Waals surface area contributed by atoms with E-state index in [2.05, 4.69) is 19.2 Å². The number of hydrogen-bond acceptors (Lipinski definition) is 3. The lowest BCUT2D eigenvalue weighted by Crippen LogP contribution is -2.30. The summed E-state index contributed by atoms with van der Waals surface area (Å²) in [6.45, 7) is 9.02. The zero-order chi connectivity index (χ0) is 10.1. The van der Waals surface area contributed by atoms with Crippen LogP contribution >= 0.6 is 0 Å². The van der Waals surface area contributed by atoms with E-state index in [1.807, 2.05) is 6.92 Å². The molecule has 0 saturated carbocycles. The molecule has 0 rings (SSSR count). The highest BCUT2D eigenvalue weighted by Crippen LogP contribution is 2.00. The minimum absolute atomic E-state index is 0.371. The van der Waals surface area contributed by atoms with Crippen molar-refractivity contribution in [3.05, 3.63) is 0 Å². The van der Waals surface area contributed by atoms with Crippen molar-refractivity contribution < 1.29 is 9.84 Å². The van der Waals surface area contributed by atoms with Crippen LogP contribution in [0.15, 0.2) is 0 Å². The highest BCUT2D eigenvalue weighted by Gasteiger charge is 2.04. The van der Waals surface area contributed by atoms with Crippen LogP contribution < -0.4 is 5.32 Å². The van der Waals surface area contributed by atoms with Crippen LogP contribution in [0, 0.1) is 5.92 Å². The van der Waals surface area contributed by atoms with Crippen molar-refractivity contribution in [3.63, 3.8) is 0 Å². The lowest BCUT2D eigenvalue weighted by atomic mass is 10.1. The molecule has 0 aliphatic heterocycles. The SMILES string of the molecule is CCNCC(O)COCC(C)CC. The normalized spacial score (nSPS) is 15.7. The van der Waals surface area contributed by atoms with Crippen LogP contribution in [0.4, 0.5) is 0 Å². The minimum Gasteiger partial charge on any atom is -0.389 e. The zero-order valence-corrected chi connectivity index (χ0v) is 9.05. The molecule has 0 aromatic carbocycles. The van der Waals surface area contributed by atoms with Crippen molar-refractivity contribution in [2.75, 3.05) is 26.3 Å². The second-order valence-electron chi connectivity index (χ2n) is 3.51. The number of likely N-dealkylation sites (N-methyl/N-ethyl adjacent to an activating group) is 1. The Morgan fingerprint density at radius 3 is 2.54 bits per heavy atom. The first-order valence-electron chi connectivity index (χ1n) is 5.17. The Kier molecular flexibility index (Phi) is 8.40. The Balaban J connectivity index is 3.21. The van der Waals surface area contributed by atoms with Gasteiger partial charge in [-0.15, -0.1) is 0 Å². The number of nitrogens with one attached hydrogen (secondary N) is 1. The maximum atomic E-state index is 9.38. The molecule has 0 aliphatic rings. The van der Waals surface area contributed by atoms with Crippen LogP contribution in [0.2, 0.25) is 0 Å². The van der Waals surface area contributed by atoms with Crippen LogP contribution in [0.5, 0.6) is 0 Å². The van der Waals surface area contributed by atoms with E-state index in [1.165, 1.54) is 0 Å². The number of hydrogen-bond donors (Lipinski definition) is 2. The molecule has 13 heavy (non-hydrogen) atoms. The summed E-state index contributed by atoms with van der Waals surface area (Å²) >= 11 is 0. The van der Waals surface area contributed by atoms with Crippen molar-refractivity contribution in [2.24, 2.45) is 5.92 Å². The average molecular weight is 189 g/mol.